The second-order valence-corrected chi connectivity index (χ2v) is 7.28. The Morgan fingerprint density at radius 2 is 2.10 bits per heavy atom. The molecule has 1 aromatic carbocycles. The van der Waals surface area contributed by atoms with Gasteiger partial charge in [0.05, 0.1) is 24.5 Å². The predicted molar refractivity (Wildman–Crippen MR) is 113 cm³/mol. The third-order valence-corrected chi connectivity index (χ3v) is 4.71. The molecule has 0 aliphatic heterocycles. The van der Waals surface area contributed by atoms with Gasteiger partial charge in [0.1, 0.15) is 18.0 Å². The van der Waals surface area contributed by atoms with E-state index in [1.54, 1.807) is 24.5 Å². The molecule has 164 valence electrons. The van der Waals surface area contributed by atoms with E-state index in [0.717, 1.165) is 35.3 Å². The number of benzene rings is 1. The van der Waals surface area contributed by atoms with Crippen LogP contribution in [-0.2, 0) is 16.1 Å². The highest BCUT2D eigenvalue weighted by Gasteiger charge is 2.27. The fourth-order valence-electron chi connectivity index (χ4n) is 3.09. The highest BCUT2D eigenvalue weighted by atomic mass is 19.4. The molecule has 5 nitrogen and oxygen atoms in total. The Morgan fingerprint density at radius 1 is 1.26 bits per heavy atom. The van der Waals surface area contributed by atoms with Crippen LogP contribution in [0.2, 0.25) is 0 Å². The number of fused-ring (bicyclic) bond motifs is 1. The molecule has 8 heteroatoms. The van der Waals surface area contributed by atoms with E-state index in [-0.39, 0.29) is 6.42 Å². The van der Waals surface area contributed by atoms with Crippen molar-refractivity contribution in [1.82, 2.24) is 9.38 Å². The van der Waals surface area contributed by atoms with E-state index in [9.17, 15) is 18.0 Å². The van der Waals surface area contributed by atoms with E-state index in [2.05, 4.69) is 17.1 Å². The minimum absolute atomic E-state index is 0.0285. The number of hydrogen-bond acceptors (Lipinski definition) is 4. The Balaban J connectivity index is 1.72. The van der Waals surface area contributed by atoms with Gasteiger partial charge in [0, 0.05) is 30.2 Å². The molecular weight excluding hydrogens is 407 g/mol. The van der Waals surface area contributed by atoms with Crippen LogP contribution in [0, 0.1) is 0 Å². The molecule has 0 spiro atoms. The van der Waals surface area contributed by atoms with Crippen LogP contribution in [0.5, 0.6) is 0 Å². The summed E-state index contributed by atoms with van der Waals surface area (Å²) in [7, 11) is 0. The molecule has 3 rings (SSSR count). The van der Waals surface area contributed by atoms with Crippen molar-refractivity contribution in [2.75, 3.05) is 6.61 Å². The maximum Gasteiger partial charge on any atom is 0.389 e. The van der Waals surface area contributed by atoms with Gasteiger partial charge in [-0.15, -0.1) is 0 Å². The summed E-state index contributed by atoms with van der Waals surface area (Å²) in [4.78, 5) is 21.5. The van der Waals surface area contributed by atoms with Gasteiger partial charge in [-0.25, -0.2) is 4.98 Å². The predicted octanol–water partition coefficient (Wildman–Crippen LogP) is 5.61. The van der Waals surface area contributed by atoms with Crippen molar-refractivity contribution < 1.29 is 22.8 Å². The van der Waals surface area contributed by atoms with Crippen LogP contribution < -0.4 is 0 Å². The molecule has 0 bridgehead atoms. The summed E-state index contributed by atoms with van der Waals surface area (Å²) in [5.74, 6) is -0.433. The van der Waals surface area contributed by atoms with E-state index < -0.39 is 24.8 Å². The fourth-order valence-corrected chi connectivity index (χ4v) is 3.09. The standard InChI is InChI=1S/C23H24F3N3O2/c1-2-3-11-31-28-15-18-8-10-29-21(16-27-22(29)14-18)19-6-4-5-17(12-19)13-20(30)7-9-23(24,25)26/h4-6,8,10,12,14-16H,2-3,7,9,11,13H2,1H3/b28-15-. The number of pyridine rings is 1. The summed E-state index contributed by atoms with van der Waals surface area (Å²) in [6, 6.07) is 11.0. The second-order valence-electron chi connectivity index (χ2n) is 7.28. The number of unbranched alkanes of at least 4 members (excludes halogenated alkanes) is 1. The highest BCUT2D eigenvalue weighted by molar-refractivity contribution is 5.82. The normalized spacial score (nSPS) is 12.0. The number of aromatic nitrogens is 2. The number of halogens is 3. The first-order valence-electron chi connectivity index (χ1n) is 10.2. The molecular formula is C23H24F3N3O2. The molecule has 0 aliphatic rings. The summed E-state index contributed by atoms with van der Waals surface area (Å²) in [6.45, 7) is 2.66. The number of ketones is 1. The monoisotopic (exact) mass is 431 g/mol. The van der Waals surface area contributed by atoms with Crippen molar-refractivity contribution in [2.24, 2.45) is 5.16 Å². The summed E-state index contributed by atoms with van der Waals surface area (Å²) < 4.78 is 38.9. The summed E-state index contributed by atoms with van der Waals surface area (Å²) >= 11 is 0. The lowest BCUT2D eigenvalue weighted by atomic mass is 10.0. The number of oxime groups is 1. The van der Waals surface area contributed by atoms with E-state index in [4.69, 9.17) is 4.84 Å². The SMILES string of the molecule is CCCCO/N=C\c1ccn2c(-c3cccc(CC(=O)CCC(F)(F)F)c3)cnc2c1. The van der Waals surface area contributed by atoms with Crippen molar-refractivity contribution in [3.8, 4) is 11.3 Å². The third kappa shape index (κ3) is 6.67. The van der Waals surface area contributed by atoms with Crippen LogP contribution in [0.15, 0.2) is 53.9 Å². The summed E-state index contributed by atoms with van der Waals surface area (Å²) in [5, 5.41) is 3.96. The first-order chi connectivity index (χ1) is 14.9. The van der Waals surface area contributed by atoms with Crippen LogP contribution in [0.1, 0.15) is 43.7 Å². The molecule has 3 aromatic rings. The Kier molecular flexibility index (Phi) is 7.44. The van der Waals surface area contributed by atoms with Gasteiger partial charge >= 0.3 is 6.18 Å². The number of imidazole rings is 1. The molecule has 0 amide bonds. The average molecular weight is 431 g/mol. The smallest absolute Gasteiger partial charge is 0.389 e. The third-order valence-electron chi connectivity index (χ3n) is 4.71. The number of carbonyl (C=O) groups excluding carboxylic acids is 1. The number of Topliss-reactive ketones (excluding diaryl/α,β-unsaturated/α-hetero) is 1. The maximum atomic E-state index is 12.3. The van der Waals surface area contributed by atoms with E-state index in [0.29, 0.717) is 12.2 Å². The van der Waals surface area contributed by atoms with Crippen molar-refractivity contribution in [1.29, 1.82) is 0 Å². The van der Waals surface area contributed by atoms with Crippen LogP contribution in [0.3, 0.4) is 0 Å². The summed E-state index contributed by atoms with van der Waals surface area (Å²) in [6.07, 6.45) is 1.28. The first-order valence-corrected chi connectivity index (χ1v) is 10.2. The summed E-state index contributed by atoms with van der Waals surface area (Å²) in [5.41, 5.74) is 3.90. The lowest BCUT2D eigenvalue weighted by molar-refractivity contribution is -0.143. The number of alkyl halides is 3. The molecule has 0 atom stereocenters. The van der Waals surface area contributed by atoms with Crippen molar-refractivity contribution in [3.05, 3.63) is 59.9 Å². The molecule has 0 saturated carbocycles. The van der Waals surface area contributed by atoms with Gasteiger partial charge in [-0.2, -0.15) is 13.2 Å². The van der Waals surface area contributed by atoms with Gasteiger partial charge in [0.25, 0.3) is 0 Å². The van der Waals surface area contributed by atoms with Crippen molar-refractivity contribution >= 4 is 17.6 Å². The van der Waals surface area contributed by atoms with Crippen molar-refractivity contribution in [3.63, 3.8) is 0 Å². The minimum atomic E-state index is -4.32. The average Bonchev–Trinajstić information content (AvgIpc) is 3.15. The lowest BCUT2D eigenvalue weighted by Gasteiger charge is -2.07. The molecule has 0 fully saturated rings. The molecule has 0 N–H and O–H groups in total. The van der Waals surface area contributed by atoms with Gasteiger partial charge in [-0.3, -0.25) is 9.20 Å². The van der Waals surface area contributed by atoms with E-state index in [1.807, 2.05) is 34.9 Å². The number of nitrogens with zero attached hydrogens (tertiary/aromatic N) is 3. The van der Waals surface area contributed by atoms with Gasteiger partial charge in [-0.1, -0.05) is 36.7 Å². The Morgan fingerprint density at radius 3 is 2.87 bits per heavy atom. The molecule has 0 radical (unpaired) electrons. The second kappa shape index (κ2) is 10.2. The molecule has 2 heterocycles. The largest absolute Gasteiger partial charge is 0.396 e. The highest BCUT2D eigenvalue weighted by Crippen LogP contribution is 2.24. The zero-order valence-corrected chi connectivity index (χ0v) is 17.2. The number of rotatable bonds is 10. The van der Waals surface area contributed by atoms with Gasteiger partial charge in [-0.05, 0) is 30.2 Å². The fraction of sp³-hybridized carbons (Fsp3) is 0.348. The lowest BCUT2D eigenvalue weighted by Crippen LogP contribution is -2.12. The topological polar surface area (TPSA) is 56.0 Å². The van der Waals surface area contributed by atoms with Crippen molar-refractivity contribution in [2.45, 2.75) is 45.2 Å². The Bertz CT molecular complexity index is 1060. The maximum absolute atomic E-state index is 12.3. The molecule has 0 aliphatic carbocycles. The number of hydrogen-bond donors (Lipinski definition) is 0. The van der Waals surface area contributed by atoms with E-state index in [1.165, 1.54) is 0 Å². The zero-order valence-electron chi connectivity index (χ0n) is 17.2. The molecule has 0 saturated heterocycles. The van der Waals surface area contributed by atoms with Gasteiger partial charge in [0.15, 0.2) is 0 Å². The number of carbonyl (C=O) groups is 1. The van der Waals surface area contributed by atoms with Gasteiger partial charge < -0.3 is 4.84 Å². The van der Waals surface area contributed by atoms with Gasteiger partial charge in [0.2, 0.25) is 0 Å². The molecule has 0 unspecified atom stereocenters. The first kappa shape index (κ1) is 22.5. The molecule has 2 aromatic heterocycles. The van der Waals surface area contributed by atoms with Crippen LogP contribution in [0.25, 0.3) is 16.9 Å². The van der Waals surface area contributed by atoms with Crippen LogP contribution in [0.4, 0.5) is 13.2 Å². The van der Waals surface area contributed by atoms with Crippen LogP contribution in [-0.4, -0.2) is 34.2 Å². The molecule has 31 heavy (non-hydrogen) atoms. The minimum Gasteiger partial charge on any atom is -0.396 e. The zero-order chi connectivity index (χ0) is 22.3. The Hall–Kier alpha value is -3.16. The van der Waals surface area contributed by atoms with E-state index >= 15 is 0 Å². The van der Waals surface area contributed by atoms with Crippen LogP contribution >= 0.6 is 0 Å². The quantitative estimate of drug-likeness (QED) is 0.238. The Labute approximate surface area is 178 Å².